The van der Waals surface area contributed by atoms with Crippen molar-refractivity contribution in [3.05, 3.63) is 47.6 Å². The third kappa shape index (κ3) is 3.03. The molecule has 2 atom stereocenters. The van der Waals surface area contributed by atoms with E-state index in [0.29, 0.717) is 5.41 Å². The Bertz CT molecular complexity index is 649. The van der Waals surface area contributed by atoms with E-state index in [1.165, 1.54) is 18.4 Å². The number of likely N-dealkylation sites (tertiary alicyclic amines) is 1. The molecular weight excluding hydrogens is 290 g/mol. The van der Waals surface area contributed by atoms with Gasteiger partial charge in [-0.3, -0.25) is 4.90 Å². The highest BCUT2D eigenvalue weighted by atomic mass is 16.5. The Morgan fingerprint density at radius 3 is 2.91 bits per heavy atom. The van der Waals surface area contributed by atoms with Crippen LogP contribution >= 0.6 is 0 Å². The summed E-state index contributed by atoms with van der Waals surface area (Å²) in [4.78, 5) is 7.07. The number of nitrogens with zero attached hydrogens (tertiary/aromatic N) is 3. The largest absolute Gasteiger partial charge is 0.381 e. The number of rotatable bonds is 4. The molecule has 122 valence electrons. The molecule has 1 spiro atoms. The zero-order valence-corrected chi connectivity index (χ0v) is 13.6. The van der Waals surface area contributed by atoms with E-state index in [9.17, 15) is 0 Å². The van der Waals surface area contributed by atoms with Crippen molar-refractivity contribution in [2.24, 2.45) is 5.41 Å². The van der Waals surface area contributed by atoms with Crippen molar-refractivity contribution in [3.8, 4) is 0 Å². The number of hydrogen-bond donors (Lipinski definition) is 0. The molecule has 0 amide bonds. The highest BCUT2D eigenvalue weighted by Crippen LogP contribution is 2.40. The zero-order chi connectivity index (χ0) is 15.7. The van der Waals surface area contributed by atoms with Crippen LogP contribution < -0.4 is 0 Å². The van der Waals surface area contributed by atoms with Crippen molar-refractivity contribution < 1.29 is 9.26 Å². The van der Waals surface area contributed by atoms with Gasteiger partial charge < -0.3 is 9.26 Å². The number of hydrogen-bond acceptors (Lipinski definition) is 5. The Hall–Kier alpha value is -1.72. The predicted molar refractivity (Wildman–Crippen MR) is 86.0 cm³/mol. The first-order valence-electron chi connectivity index (χ1n) is 8.42. The van der Waals surface area contributed by atoms with E-state index in [0.717, 1.165) is 44.4 Å². The van der Waals surface area contributed by atoms with Crippen LogP contribution in [0.25, 0.3) is 0 Å². The van der Waals surface area contributed by atoms with Gasteiger partial charge in [0.25, 0.3) is 0 Å². The van der Waals surface area contributed by atoms with Gasteiger partial charge in [0.05, 0.1) is 12.6 Å². The van der Waals surface area contributed by atoms with Gasteiger partial charge in [-0.25, -0.2) is 0 Å². The van der Waals surface area contributed by atoms with Crippen LogP contribution in [0.1, 0.15) is 43.1 Å². The predicted octanol–water partition coefficient (Wildman–Crippen LogP) is 2.83. The first-order chi connectivity index (χ1) is 11.2. The van der Waals surface area contributed by atoms with Crippen LogP contribution in [0.5, 0.6) is 0 Å². The molecule has 0 saturated carbocycles. The van der Waals surface area contributed by atoms with Gasteiger partial charge in [0.2, 0.25) is 5.89 Å². The quantitative estimate of drug-likeness (QED) is 0.869. The standard InChI is InChI=1S/C18H23N3O2/c1-14(21-9-7-18(12-21)8-10-22-13-18)17-19-16(20-23-17)11-15-5-3-2-4-6-15/h2-6,14H,7-13H2,1H3. The lowest BCUT2D eigenvalue weighted by molar-refractivity contribution is 0.140. The third-order valence-corrected chi connectivity index (χ3v) is 5.25. The summed E-state index contributed by atoms with van der Waals surface area (Å²) in [7, 11) is 0. The van der Waals surface area contributed by atoms with Gasteiger partial charge in [-0.2, -0.15) is 4.98 Å². The van der Waals surface area contributed by atoms with E-state index in [1.54, 1.807) is 0 Å². The fraction of sp³-hybridized carbons (Fsp3) is 0.556. The first kappa shape index (κ1) is 14.8. The summed E-state index contributed by atoms with van der Waals surface area (Å²) >= 11 is 0. The Morgan fingerprint density at radius 1 is 1.26 bits per heavy atom. The molecule has 1 aromatic carbocycles. The normalized spacial score (nSPS) is 26.1. The van der Waals surface area contributed by atoms with Gasteiger partial charge in [0.15, 0.2) is 5.82 Å². The van der Waals surface area contributed by atoms with Crippen LogP contribution in [-0.4, -0.2) is 41.3 Å². The number of benzene rings is 1. The fourth-order valence-electron chi connectivity index (χ4n) is 3.72. The maximum atomic E-state index is 5.61. The maximum absolute atomic E-state index is 5.61. The Morgan fingerprint density at radius 2 is 2.13 bits per heavy atom. The molecule has 5 heteroatoms. The van der Waals surface area contributed by atoms with Crippen molar-refractivity contribution in [1.82, 2.24) is 15.0 Å². The van der Waals surface area contributed by atoms with Gasteiger partial charge in [-0.1, -0.05) is 35.5 Å². The first-order valence-corrected chi connectivity index (χ1v) is 8.42. The Balaban J connectivity index is 1.42. The van der Waals surface area contributed by atoms with Crippen molar-refractivity contribution >= 4 is 0 Å². The van der Waals surface area contributed by atoms with Gasteiger partial charge >= 0.3 is 0 Å². The lowest BCUT2D eigenvalue weighted by atomic mass is 9.87. The summed E-state index contributed by atoms with van der Waals surface area (Å²) in [6.07, 6.45) is 3.11. The van der Waals surface area contributed by atoms with Gasteiger partial charge in [0, 0.05) is 25.0 Å². The number of ether oxygens (including phenoxy) is 1. The number of aromatic nitrogens is 2. The molecule has 2 fully saturated rings. The van der Waals surface area contributed by atoms with E-state index in [-0.39, 0.29) is 6.04 Å². The molecule has 0 aliphatic carbocycles. The lowest BCUT2D eigenvalue weighted by Crippen LogP contribution is -2.29. The summed E-state index contributed by atoms with van der Waals surface area (Å²) < 4.78 is 11.1. The monoisotopic (exact) mass is 313 g/mol. The smallest absolute Gasteiger partial charge is 0.243 e. The molecular formula is C18H23N3O2. The molecule has 2 aromatic rings. The molecule has 2 aliphatic rings. The molecule has 4 rings (SSSR count). The van der Waals surface area contributed by atoms with Crippen LogP contribution in [-0.2, 0) is 11.2 Å². The second-order valence-electron chi connectivity index (χ2n) is 6.91. The fourth-order valence-corrected chi connectivity index (χ4v) is 3.72. The van der Waals surface area contributed by atoms with E-state index in [4.69, 9.17) is 9.26 Å². The molecule has 0 bridgehead atoms. The average molecular weight is 313 g/mol. The molecule has 2 saturated heterocycles. The molecule has 1 aromatic heterocycles. The summed E-state index contributed by atoms with van der Waals surface area (Å²) in [6.45, 7) is 6.13. The highest BCUT2D eigenvalue weighted by molar-refractivity contribution is 5.18. The van der Waals surface area contributed by atoms with Crippen molar-refractivity contribution in [2.45, 2.75) is 32.2 Å². The lowest BCUT2D eigenvalue weighted by Gasteiger charge is -2.24. The molecule has 3 heterocycles. The van der Waals surface area contributed by atoms with Gasteiger partial charge in [0.1, 0.15) is 0 Å². The minimum Gasteiger partial charge on any atom is -0.381 e. The Kier molecular flexibility index (Phi) is 3.91. The van der Waals surface area contributed by atoms with Crippen molar-refractivity contribution in [3.63, 3.8) is 0 Å². The van der Waals surface area contributed by atoms with E-state index >= 15 is 0 Å². The third-order valence-electron chi connectivity index (χ3n) is 5.25. The summed E-state index contributed by atoms with van der Waals surface area (Å²) in [5, 5.41) is 4.16. The van der Waals surface area contributed by atoms with Crippen LogP contribution in [0.15, 0.2) is 34.9 Å². The zero-order valence-electron chi connectivity index (χ0n) is 13.6. The molecule has 23 heavy (non-hydrogen) atoms. The molecule has 2 unspecified atom stereocenters. The van der Waals surface area contributed by atoms with Gasteiger partial charge in [-0.05, 0) is 31.9 Å². The van der Waals surface area contributed by atoms with Crippen LogP contribution in [0.4, 0.5) is 0 Å². The topological polar surface area (TPSA) is 51.4 Å². The molecule has 0 radical (unpaired) electrons. The van der Waals surface area contributed by atoms with Gasteiger partial charge in [-0.15, -0.1) is 0 Å². The minimum absolute atomic E-state index is 0.173. The van der Waals surface area contributed by atoms with E-state index < -0.39 is 0 Å². The molecule has 5 nitrogen and oxygen atoms in total. The second-order valence-corrected chi connectivity index (χ2v) is 6.91. The highest BCUT2D eigenvalue weighted by Gasteiger charge is 2.43. The molecule has 0 N–H and O–H groups in total. The average Bonchev–Trinajstić information content (AvgIpc) is 3.31. The SMILES string of the molecule is CC(c1nc(Cc2ccccc2)no1)N1CCC2(CCOC2)C1. The second kappa shape index (κ2) is 6.06. The minimum atomic E-state index is 0.173. The summed E-state index contributed by atoms with van der Waals surface area (Å²) in [5.41, 5.74) is 1.57. The Labute approximate surface area is 136 Å². The van der Waals surface area contributed by atoms with Crippen molar-refractivity contribution in [2.75, 3.05) is 26.3 Å². The van der Waals surface area contributed by atoms with E-state index in [2.05, 4.69) is 34.1 Å². The summed E-state index contributed by atoms with van der Waals surface area (Å²) in [5.74, 6) is 1.49. The van der Waals surface area contributed by atoms with E-state index in [1.807, 2.05) is 18.2 Å². The van der Waals surface area contributed by atoms with Crippen molar-refractivity contribution in [1.29, 1.82) is 0 Å². The molecule has 2 aliphatic heterocycles. The van der Waals surface area contributed by atoms with Crippen LogP contribution in [0, 0.1) is 5.41 Å². The maximum Gasteiger partial charge on any atom is 0.243 e. The van der Waals surface area contributed by atoms with Crippen LogP contribution in [0.3, 0.4) is 0 Å². The van der Waals surface area contributed by atoms with Crippen LogP contribution in [0.2, 0.25) is 0 Å². The summed E-state index contributed by atoms with van der Waals surface area (Å²) in [6, 6.07) is 10.4.